The van der Waals surface area contributed by atoms with E-state index in [2.05, 4.69) is 20.4 Å². The molecule has 0 spiro atoms. The van der Waals surface area contributed by atoms with Crippen LogP contribution in [0.3, 0.4) is 0 Å². The fourth-order valence-electron chi connectivity index (χ4n) is 2.51. The molecule has 3 aromatic heterocycles. The molecule has 0 atom stereocenters. The fourth-order valence-corrected chi connectivity index (χ4v) is 3.06. The molecule has 0 saturated heterocycles. The molecule has 0 aliphatic heterocycles. The summed E-state index contributed by atoms with van der Waals surface area (Å²) in [6.07, 6.45) is 5.34. The number of pyridine rings is 2. The van der Waals surface area contributed by atoms with E-state index >= 15 is 0 Å². The van der Waals surface area contributed by atoms with Gasteiger partial charge in [0, 0.05) is 24.6 Å². The lowest BCUT2D eigenvalue weighted by Crippen LogP contribution is -2.23. The van der Waals surface area contributed by atoms with Gasteiger partial charge in [0.05, 0.1) is 11.3 Å². The van der Waals surface area contributed by atoms with Gasteiger partial charge in [-0.1, -0.05) is 6.07 Å². The molecule has 3 aromatic rings. The van der Waals surface area contributed by atoms with Crippen molar-refractivity contribution in [1.82, 2.24) is 25.1 Å². The van der Waals surface area contributed by atoms with Crippen LogP contribution in [-0.4, -0.2) is 31.9 Å². The highest BCUT2D eigenvalue weighted by atomic mass is 32.2. The summed E-state index contributed by atoms with van der Waals surface area (Å²) in [6.45, 7) is 4.35. The molecule has 7 heteroatoms. The standard InChI is InChI=1S/C18H19N5OS/c1-12-9-13(2)23(22-12)16-7-6-14(10-20-16)11-21-17(24)15-5-4-8-19-18(15)25-3/h4-10H,11H2,1-3H3,(H,21,24). The van der Waals surface area contributed by atoms with Crippen LogP contribution in [0.15, 0.2) is 47.8 Å². The van der Waals surface area contributed by atoms with Gasteiger partial charge in [0.2, 0.25) is 0 Å². The molecular weight excluding hydrogens is 334 g/mol. The molecule has 3 heterocycles. The molecule has 6 nitrogen and oxygen atoms in total. The Labute approximate surface area is 150 Å². The largest absolute Gasteiger partial charge is 0.348 e. The maximum atomic E-state index is 12.3. The van der Waals surface area contributed by atoms with Crippen molar-refractivity contribution >= 4 is 17.7 Å². The highest BCUT2D eigenvalue weighted by molar-refractivity contribution is 7.98. The van der Waals surface area contributed by atoms with Crippen molar-refractivity contribution in [2.45, 2.75) is 25.4 Å². The first-order valence-electron chi connectivity index (χ1n) is 7.84. The number of hydrogen-bond acceptors (Lipinski definition) is 5. The minimum atomic E-state index is -0.139. The van der Waals surface area contributed by atoms with Gasteiger partial charge in [0.1, 0.15) is 5.03 Å². The molecule has 0 bridgehead atoms. The maximum Gasteiger partial charge on any atom is 0.254 e. The number of amides is 1. The molecular formula is C18H19N5OS. The van der Waals surface area contributed by atoms with Crippen LogP contribution in [0.1, 0.15) is 27.3 Å². The van der Waals surface area contributed by atoms with Crippen molar-refractivity contribution in [2.75, 3.05) is 6.26 Å². The van der Waals surface area contributed by atoms with Crippen LogP contribution in [0.5, 0.6) is 0 Å². The lowest BCUT2D eigenvalue weighted by molar-refractivity contribution is 0.0947. The van der Waals surface area contributed by atoms with Crippen molar-refractivity contribution in [2.24, 2.45) is 0 Å². The Morgan fingerprint density at radius 1 is 1.24 bits per heavy atom. The second-order valence-corrected chi connectivity index (χ2v) is 6.40. The van der Waals surface area contributed by atoms with Gasteiger partial charge in [-0.3, -0.25) is 4.79 Å². The number of carbonyl (C=O) groups excluding carboxylic acids is 1. The summed E-state index contributed by atoms with van der Waals surface area (Å²) in [5.74, 6) is 0.623. The first-order chi connectivity index (χ1) is 12.1. The Morgan fingerprint density at radius 3 is 2.72 bits per heavy atom. The normalized spacial score (nSPS) is 10.7. The molecule has 3 rings (SSSR count). The predicted octanol–water partition coefficient (Wildman–Crippen LogP) is 2.93. The van der Waals surface area contributed by atoms with Gasteiger partial charge in [0.15, 0.2) is 5.82 Å². The third-order valence-electron chi connectivity index (χ3n) is 3.70. The minimum absolute atomic E-state index is 0.139. The van der Waals surface area contributed by atoms with Crippen LogP contribution in [0.2, 0.25) is 0 Å². The number of rotatable bonds is 5. The van der Waals surface area contributed by atoms with Crippen LogP contribution in [0, 0.1) is 13.8 Å². The van der Waals surface area contributed by atoms with E-state index in [-0.39, 0.29) is 5.91 Å². The van der Waals surface area contributed by atoms with E-state index in [9.17, 15) is 4.79 Å². The van der Waals surface area contributed by atoms with E-state index in [0.29, 0.717) is 12.1 Å². The zero-order chi connectivity index (χ0) is 17.8. The predicted molar refractivity (Wildman–Crippen MR) is 98.0 cm³/mol. The monoisotopic (exact) mass is 353 g/mol. The number of aryl methyl sites for hydroxylation is 2. The number of nitrogens with one attached hydrogen (secondary N) is 1. The first-order valence-corrected chi connectivity index (χ1v) is 9.06. The molecule has 0 aliphatic carbocycles. The summed E-state index contributed by atoms with van der Waals surface area (Å²) >= 11 is 1.45. The molecule has 0 fully saturated rings. The molecule has 0 unspecified atom stereocenters. The summed E-state index contributed by atoms with van der Waals surface area (Å²) < 4.78 is 1.80. The van der Waals surface area contributed by atoms with E-state index in [1.54, 1.807) is 29.2 Å². The summed E-state index contributed by atoms with van der Waals surface area (Å²) in [7, 11) is 0. The van der Waals surface area contributed by atoms with E-state index < -0.39 is 0 Å². The Hall–Kier alpha value is -2.67. The van der Waals surface area contributed by atoms with Crippen molar-refractivity contribution in [1.29, 1.82) is 0 Å². The SMILES string of the molecule is CSc1ncccc1C(=O)NCc1ccc(-n2nc(C)cc2C)nc1. The van der Waals surface area contributed by atoms with Gasteiger partial charge >= 0.3 is 0 Å². The van der Waals surface area contributed by atoms with E-state index in [1.165, 1.54) is 11.8 Å². The topological polar surface area (TPSA) is 72.7 Å². The Morgan fingerprint density at radius 2 is 2.08 bits per heavy atom. The fraction of sp³-hybridized carbons (Fsp3) is 0.222. The lowest BCUT2D eigenvalue weighted by Gasteiger charge is -2.08. The second kappa shape index (κ2) is 7.48. The van der Waals surface area contributed by atoms with Crippen molar-refractivity contribution in [3.8, 4) is 5.82 Å². The summed E-state index contributed by atoms with van der Waals surface area (Å²) in [5, 5.41) is 8.05. The second-order valence-electron chi connectivity index (χ2n) is 5.61. The average molecular weight is 353 g/mol. The third-order valence-corrected chi connectivity index (χ3v) is 4.41. The molecule has 128 valence electrons. The zero-order valence-corrected chi connectivity index (χ0v) is 15.2. The van der Waals surface area contributed by atoms with E-state index in [1.807, 2.05) is 38.3 Å². The molecule has 0 aromatic carbocycles. The molecule has 0 aliphatic rings. The molecule has 1 amide bonds. The van der Waals surface area contributed by atoms with Gasteiger partial charge in [-0.25, -0.2) is 14.6 Å². The summed E-state index contributed by atoms with van der Waals surface area (Å²) in [6, 6.07) is 9.39. The van der Waals surface area contributed by atoms with Gasteiger partial charge < -0.3 is 5.32 Å². The maximum absolute atomic E-state index is 12.3. The number of nitrogens with zero attached hydrogens (tertiary/aromatic N) is 4. The molecule has 0 radical (unpaired) electrons. The van der Waals surface area contributed by atoms with E-state index in [4.69, 9.17) is 0 Å². The Bertz CT molecular complexity index is 889. The Balaban J connectivity index is 1.68. The Kier molecular flexibility index (Phi) is 5.14. The minimum Gasteiger partial charge on any atom is -0.348 e. The quantitative estimate of drug-likeness (QED) is 0.714. The summed E-state index contributed by atoms with van der Waals surface area (Å²) in [5.41, 5.74) is 3.50. The molecule has 25 heavy (non-hydrogen) atoms. The van der Waals surface area contributed by atoms with Gasteiger partial charge in [-0.15, -0.1) is 11.8 Å². The lowest BCUT2D eigenvalue weighted by atomic mass is 10.2. The number of aromatic nitrogens is 4. The van der Waals surface area contributed by atoms with Crippen LogP contribution >= 0.6 is 11.8 Å². The van der Waals surface area contributed by atoms with Crippen LogP contribution in [-0.2, 0) is 6.54 Å². The number of carbonyl (C=O) groups is 1. The van der Waals surface area contributed by atoms with E-state index in [0.717, 1.165) is 27.8 Å². The van der Waals surface area contributed by atoms with Gasteiger partial charge in [-0.2, -0.15) is 5.10 Å². The van der Waals surface area contributed by atoms with Crippen LogP contribution in [0.25, 0.3) is 5.82 Å². The van der Waals surface area contributed by atoms with Crippen molar-refractivity contribution in [3.05, 3.63) is 65.2 Å². The van der Waals surface area contributed by atoms with Crippen molar-refractivity contribution < 1.29 is 4.79 Å². The smallest absolute Gasteiger partial charge is 0.254 e. The van der Waals surface area contributed by atoms with Crippen molar-refractivity contribution in [3.63, 3.8) is 0 Å². The number of thioether (sulfide) groups is 1. The average Bonchev–Trinajstić information content (AvgIpc) is 2.98. The third kappa shape index (κ3) is 3.88. The number of hydrogen-bond donors (Lipinski definition) is 1. The zero-order valence-electron chi connectivity index (χ0n) is 14.4. The highest BCUT2D eigenvalue weighted by Crippen LogP contribution is 2.16. The molecule has 0 saturated carbocycles. The summed E-state index contributed by atoms with van der Waals surface area (Å²) in [4.78, 5) is 21.0. The first kappa shape index (κ1) is 17.2. The van der Waals surface area contributed by atoms with Gasteiger partial charge in [-0.05, 0) is 49.9 Å². The highest BCUT2D eigenvalue weighted by Gasteiger charge is 2.11. The molecule has 1 N–H and O–H groups in total. The van der Waals surface area contributed by atoms with Crippen LogP contribution < -0.4 is 5.32 Å². The van der Waals surface area contributed by atoms with Crippen LogP contribution in [0.4, 0.5) is 0 Å². The van der Waals surface area contributed by atoms with Gasteiger partial charge in [0.25, 0.3) is 5.91 Å².